The molecular weight excluding hydrogens is 288 g/mol. The van der Waals surface area contributed by atoms with E-state index >= 15 is 0 Å². The molecule has 0 aliphatic rings. The molecule has 3 aromatic rings. The summed E-state index contributed by atoms with van der Waals surface area (Å²) in [7, 11) is 1.81. The van der Waals surface area contributed by atoms with Gasteiger partial charge in [-0.05, 0) is 6.92 Å². The lowest BCUT2D eigenvalue weighted by molar-refractivity contribution is 0.415. The van der Waals surface area contributed by atoms with Gasteiger partial charge in [0.15, 0.2) is 5.82 Å². The summed E-state index contributed by atoms with van der Waals surface area (Å²) in [6.07, 6.45) is 0. The van der Waals surface area contributed by atoms with Gasteiger partial charge < -0.3 is 4.74 Å². The zero-order valence-corrected chi connectivity index (χ0v) is 12.4. The van der Waals surface area contributed by atoms with Crippen LogP contribution in [-0.4, -0.2) is 19.7 Å². The molecular formula is C15H13ClN4O. The highest BCUT2D eigenvalue weighted by atomic mass is 35.5. The first-order chi connectivity index (χ1) is 10.1. The molecule has 21 heavy (non-hydrogen) atoms. The van der Waals surface area contributed by atoms with E-state index in [-0.39, 0.29) is 0 Å². The lowest BCUT2D eigenvalue weighted by atomic mass is 10.2. The molecule has 0 saturated heterocycles. The van der Waals surface area contributed by atoms with Gasteiger partial charge >= 0.3 is 0 Å². The third-order valence-corrected chi connectivity index (χ3v) is 3.07. The van der Waals surface area contributed by atoms with E-state index in [9.17, 15) is 0 Å². The van der Waals surface area contributed by atoms with Gasteiger partial charge in [0.1, 0.15) is 5.15 Å². The maximum absolute atomic E-state index is 6.06. The van der Waals surface area contributed by atoms with Crippen molar-refractivity contribution < 1.29 is 4.74 Å². The minimum absolute atomic E-state index is 0.331. The molecule has 5 nitrogen and oxygen atoms in total. The first-order valence-corrected chi connectivity index (χ1v) is 6.78. The van der Waals surface area contributed by atoms with Crippen molar-refractivity contribution in [2.24, 2.45) is 7.05 Å². The monoisotopic (exact) mass is 300 g/mol. The van der Waals surface area contributed by atoms with Gasteiger partial charge in [0.05, 0.1) is 5.69 Å². The van der Waals surface area contributed by atoms with Gasteiger partial charge in [0.2, 0.25) is 11.8 Å². The van der Waals surface area contributed by atoms with Gasteiger partial charge in [-0.15, -0.1) is 0 Å². The van der Waals surface area contributed by atoms with E-state index in [1.807, 2.05) is 50.4 Å². The van der Waals surface area contributed by atoms with E-state index < -0.39 is 0 Å². The molecule has 2 heterocycles. The van der Waals surface area contributed by atoms with Crippen molar-refractivity contribution in [3.63, 3.8) is 0 Å². The van der Waals surface area contributed by atoms with Crippen LogP contribution in [0.4, 0.5) is 0 Å². The number of aromatic nitrogens is 4. The number of halogens is 1. The zero-order valence-electron chi connectivity index (χ0n) is 11.6. The van der Waals surface area contributed by atoms with Gasteiger partial charge in [-0.1, -0.05) is 41.9 Å². The van der Waals surface area contributed by atoms with E-state index in [1.165, 1.54) is 0 Å². The molecule has 0 N–H and O–H groups in total. The predicted octanol–water partition coefficient (Wildman–Crippen LogP) is 3.63. The van der Waals surface area contributed by atoms with E-state index in [0.717, 1.165) is 11.3 Å². The Hall–Kier alpha value is -2.40. The Kier molecular flexibility index (Phi) is 3.58. The summed E-state index contributed by atoms with van der Waals surface area (Å²) in [6, 6.07) is 13.0. The average molecular weight is 301 g/mol. The maximum Gasteiger partial charge on any atom is 0.226 e. The van der Waals surface area contributed by atoms with Gasteiger partial charge in [0, 0.05) is 24.7 Å². The average Bonchev–Trinajstić information content (AvgIpc) is 2.77. The number of hydrogen-bond donors (Lipinski definition) is 0. The fourth-order valence-electron chi connectivity index (χ4n) is 1.96. The van der Waals surface area contributed by atoms with Crippen molar-refractivity contribution in [3.8, 4) is 23.1 Å². The summed E-state index contributed by atoms with van der Waals surface area (Å²) in [5, 5.41) is 4.56. The minimum Gasteiger partial charge on any atom is -0.421 e. The van der Waals surface area contributed by atoms with Crippen molar-refractivity contribution in [2.75, 3.05) is 0 Å². The van der Waals surface area contributed by atoms with Crippen molar-refractivity contribution in [2.45, 2.75) is 6.92 Å². The Morgan fingerprint density at radius 2 is 1.86 bits per heavy atom. The minimum atomic E-state index is 0.331. The molecule has 0 spiro atoms. The summed E-state index contributed by atoms with van der Waals surface area (Å²) in [4.78, 5) is 8.62. The molecule has 0 unspecified atom stereocenters. The van der Waals surface area contributed by atoms with Gasteiger partial charge in [-0.2, -0.15) is 10.1 Å². The van der Waals surface area contributed by atoms with Crippen LogP contribution in [0.5, 0.6) is 11.8 Å². The number of aryl methyl sites for hydroxylation is 2. The Labute approximate surface area is 127 Å². The van der Waals surface area contributed by atoms with Crippen LogP contribution < -0.4 is 4.74 Å². The third kappa shape index (κ3) is 3.03. The summed E-state index contributed by atoms with van der Waals surface area (Å²) in [5.41, 5.74) is 1.75. The highest BCUT2D eigenvalue weighted by Gasteiger charge is 2.10. The fourth-order valence-corrected chi connectivity index (χ4v) is 2.13. The molecule has 0 atom stereocenters. The highest BCUT2D eigenvalue weighted by Crippen LogP contribution is 2.25. The summed E-state index contributed by atoms with van der Waals surface area (Å²) in [5.74, 6) is 1.51. The van der Waals surface area contributed by atoms with Crippen LogP contribution >= 0.6 is 11.6 Å². The van der Waals surface area contributed by atoms with Crippen LogP contribution in [0.25, 0.3) is 11.4 Å². The molecule has 2 aromatic heterocycles. The maximum atomic E-state index is 6.06. The lowest BCUT2D eigenvalue weighted by Gasteiger charge is -2.07. The molecule has 0 aliphatic carbocycles. The first kappa shape index (κ1) is 13.6. The SMILES string of the molecule is Cc1cc(Oc2cc(Cl)nc(-c3ccccc3)n2)n(C)n1. The highest BCUT2D eigenvalue weighted by molar-refractivity contribution is 6.29. The molecule has 0 saturated carbocycles. The number of ether oxygens (including phenoxy) is 1. The second-order valence-corrected chi connectivity index (χ2v) is 4.96. The fraction of sp³-hybridized carbons (Fsp3) is 0.133. The van der Waals surface area contributed by atoms with Crippen LogP contribution in [0.15, 0.2) is 42.5 Å². The van der Waals surface area contributed by atoms with Gasteiger partial charge in [-0.3, -0.25) is 0 Å². The van der Waals surface area contributed by atoms with Crippen LogP contribution in [0.3, 0.4) is 0 Å². The van der Waals surface area contributed by atoms with Crippen LogP contribution in [0, 0.1) is 6.92 Å². The number of hydrogen-bond acceptors (Lipinski definition) is 4. The topological polar surface area (TPSA) is 52.8 Å². The molecule has 0 aliphatic heterocycles. The summed E-state index contributed by atoms with van der Waals surface area (Å²) < 4.78 is 7.38. The number of rotatable bonds is 3. The normalized spacial score (nSPS) is 10.6. The Bertz CT molecular complexity index is 771. The molecule has 1 aromatic carbocycles. The largest absolute Gasteiger partial charge is 0.421 e. The summed E-state index contributed by atoms with van der Waals surface area (Å²) in [6.45, 7) is 1.90. The molecule has 106 valence electrons. The Balaban J connectivity index is 1.97. The van der Waals surface area contributed by atoms with Crippen LogP contribution in [0.1, 0.15) is 5.69 Å². The van der Waals surface area contributed by atoms with E-state index in [4.69, 9.17) is 16.3 Å². The van der Waals surface area contributed by atoms with E-state index in [1.54, 1.807) is 10.7 Å². The predicted molar refractivity (Wildman–Crippen MR) is 80.5 cm³/mol. The molecule has 0 radical (unpaired) electrons. The molecule has 6 heteroatoms. The smallest absolute Gasteiger partial charge is 0.226 e. The van der Waals surface area contributed by atoms with Gasteiger partial charge in [-0.25, -0.2) is 9.67 Å². The van der Waals surface area contributed by atoms with E-state index in [0.29, 0.717) is 22.7 Å². The second-order valence-electron chi connectivity index (χ2n) is 4.57. The zero-order chi connectivity index (χ0) is 14.8. The molecule has 0 fully saturated rings. The molecule has 0 bridgehead atoms. The van der Waals surface area contributed by atoms with E-state index in [2.05, 4.69) is 15.1 Å². The Morgan fingerprint density at radius 1 is 1.10 bits per heavy atom. The number of benzene rings is 1. The first-order valence-electron chi connectivity index (χ1n) is 6.40. The second kappa shape index (κ2) is 5.54. The number of nitrogens with zero attached hydrogens (tertiary/aromatic N) is 4. The van der Waals surface area contributed by atoms with Crippen molar-refractivity contribution in [3.05, 3.63) is 53.3 Å². The molecule has 0 amide bonds. The van der Waals surface area contributed by atoms with Crippen molar-refractivity contribution in [1.29, 1.82) is 0 Å². The summed E-state index contributed by atoms with van der Waals surface area (Å²) >= 11 is 6.06. The van der Waals surface area contributed by atoms with Crippen molar-refractivity contribution >= 4 is 11.6 Å². The quantitative estimate of drug-likeness (QED) is 0.693. The standard InChI is InChI=1S/C15H13ClN4O/c1-10-8-14(20(2)19-10)21-13-9-12(16)17-15(18-13)11-6-4-3-5-7-11/h3-9H,1-2H3. The van der Waals surface area contributed by atoms with Crippen molar-refractivity contribution in [1.82, 2.24) is 19.7 Å². The van der Waals surface area contributed by atoms with Crippen LogP contribution in [-0.2, 0) is 7.05 Å². The lowest BCUT2D eigenvalue weighted by Crippen LogP contribution is -1.98. The van der Waals surface area contributed by atoms with Gasteiger partial charge in [0.25, 0.3) is 0 Å². The van der Waals surface area contributed by atoms with Crippen LogP contribution in [0.2, 0.25) is 5.15 Å². The third-order valence-electron chi connectivity index (χ3n) is 2.87. The Morgan fingerprint density at radius 3 is 2.52 bits per heavy atom. The molecule has 3 rings (SSSR count).